The number of benzene rings is 1. The van der Waals surface area contributed by atoms with Crippen LogP contribution < -0.4 is 10.2 Å². The van der Waals surface area contributed by atoms with Gasteiger partial charge in [-0.05, 0) is 11.6 Å². The molecule has 0 aromatic heterocycles. The molecule has 2 heterocycles. The number of nitrogens with zero attached hydrogens (tertiary/aromatic N) is 2. The maximum absolute atomic E-state index is 12.6. The van der Waals surface area contributed by atoms with Crippen LogP contribution in [0.5, 0.6) is 0 Å². The van der Waals surface area contributed by atoms with Gasteiger partial charge in [0.05, 0.1) is 6.54 Å². The van der Waals surface area contributed by atoms with E-state index < -0.39 is 12.0 Å². The molecule has 1 amide bonds. The van der Waals surface area contributed by atoms with E-state index in [1.54, 1.807) is 0 Å². The monoisotopic (exact) mass is 289 g/mol. The predicted octanol–water partition coefficient (Wildman–Crippen LogP) is -0.0659. The molecule has 1 aromatic rings. The SMILES string of the molecule is O=C(O)C1Cc2ccccc2N1C(=O)CN1CCNCC1. The topological polar surface area (TPSA) is 72.9 Å². The first-order valence-electron chi connectivity index (χ1n) is 7.22. The highest BCUT2D eigenvalue weighted by Gasteiger charge is 2.38. The van der Waals surface area contributed by atoms with Gasteiger partial charge in [-0.15, -0.1) is 0 Å². The Hall–Kier alpha value is -1.92. The second kappa shape index (κ2) is 5.83. The minimum Gasteiger partial charge on any atom is -0.480 e. The third-order valence-electron chi connectivity index (χ3n) is 4.10. The van der Waals surface area contributed by atoms with Crippen molar-refractivity contribution in [1.29, 1.82) is 0 Å². The first-order chi connectivity index (χ1) is 10.2. The van der Waals surface area contributed by atoms with Crippen molar-refractivity contribution in [2.75, 3.05) is 37.6 Å². The number of anilines is 1. The average Bonchev–Trinajstić information content (AvgIpc) is 2.88. The summed E-state index contributed by atoms with van der Waals surface area (Å²) in [4.78, 5) is 27.6. The van der Waals surface area contributed by atoms with Crippen LogP contribution in [0.1, 0.15) is 5.56 Å². The zero-order valence-corrected chi connectivity index (χ0v) is 11.8. The van der Waals surface area contributed by atoms with Gasteiger partial charge in [0.1, 0.15) is 6.04 Å². The van der Waals surface area contributed by atoms with E-state index in [0.717, 1.165) is 37.4 Å². The number of amides is 1. The van der Waals surface area contributed by atoms with E-state index >= 15 is 0 Å². The molecule has 6 heteroatoms. The highest BCUT2D eigenvalue weighted by molar-refractivity contribution is 6.02. The van der Waals surface area contributed by atoms with E-state index in [4.69, 9.17) is 0 Å². The second-order valence-corrected chi connectivity index (χ2v) is 5.48. The molecule has 0 bridgehead atoms. The first-order valence-corrected chi connectivity index (χ1v) is 7.22. The van der Waals surface area contributed by atoms with Crippen molar-refractivity contribution in [2.45, 2.75) is 12.5 Å². The lowest BCUT2D eigenvalue weighted by Gasteiger charge is -2.30. The van der Waals surface area contributed by atoms with Crippen molar-refractivity contribution in [2.24, 2.45) is 0 Å². The summed E-state index contributed by atoms with van der Waals surface area (Å²) < 4.78 is 0. The summed E-state index contributed by atoms with van der Waals surface area (Å²) in [5, 5.41) is 12.6. The number of carboxylic acids is 1. The Morgan fingerprint density at radius 2 is 1.95 bits per heavy atom. The molecule has 0 radical (unpaired) electrons. The van der Waals surface area contributed by atoms with Crippen LogP contribution >= 0.6 is 0 Å². The Morgan fingerprint density at radius 3 is 2.67 bits per heavy atom. The van der Waals surface area contributed by atoms with Crippen LogP contribution in [0.25, 0.3) is 0 Å². The molecule has 6 nitrogen and oxygen atoms in total. The van der Waals surface area contributed by atoms with Crippen molar-refractivity contribution in [3.05, 3.63) is 29.8 Å². The summed E-state index contributed by atoms with van der Waals surface area (Å²) in [5.74, 6) is -1.07. The van der Waals surface area contributed by atoms with Gasteiger partial charge in [-0.3, -0.25) is 14.6 Å². The third kappa shape index (κ3) is 2.77. The number of carbonyl (C=O) groups excluding carboxylic acids is 1. The molecule has 3 rings (SSSR count). The Labute approximate surface area is 123 Å². The maximum Gasteiger partial charge on any atom is 0.327 e. The lowest BCUT2D eigenvalue weighted by molar-refractivity contribution is -0.140. The zero-order chi connectivity index (χ0) is 14.8. The summed E-state index contributed by atoms with van der Waals surface area (Å²) in [6.45, 7) is 3.65. The molecule has 1 fully saturated rings. The van der Waals surface area contributed by atoms with Gasteiger partial charge < -0.3 is 10.4 Å². The van der Waals surface area contributed by atoms with E-state index in [9.17, 15) is 14.7 Å². The molecule has 0 spiro atoms. The third-order valence-corrected chi connectivity index (χ3v) is 4.10. The van der Waals surface area contributed by atoms with Crippen molar-refractivity contribution < 1.29 is 14.7 Å². The summed E-state index contributed by atoms with van der Waals surface area (Å²) in [7, 11) is 0. The Morgan fingerprint density at radius 1 is 1.24 bits per heavy atom. The summed E-state index contributed by atoms with van der Waals surface area (Å²) >= 11 is 0. The number of carbonyl (C=O) groups is 2. The Balaban J connectivity index is 1.80. The number of nitrogens with one attached hydrogen (secondary N) is 1. The van der Waals surface area contributed by atoms with E-state index in [-0.39, 0.29) is 12.5 Å². The maximum atomic E-state index is 12.6. The Kier molecular flexibility index (Phi) is 3.90. The van der Waals surface area contributed by atoms with Crippen LogP contribution in [0.15, 0.2) is 24.3 Å². The van der Waals surface area contributed by atoms with Crippen molar-refractivity contribution in [3.63, 3.8) is 0 Å². The van der Waals surface area contributed by atoms with Crippen molar-refractivity contribution >= 4 is 17.6 Å². The van der Waals surface area contributed by atoms with Crippen LogP contribution in [0, 0.1) is 0 Å². The summed E-state index contributed by atoms with van der Waals surface area (Å²) in [6, 6.07) is 6.66. The number of piperazine rings is 1. The van der Waals surface area contributed by atoms with Gasteiger partial charge in [0.15, 0.2) is 0 Å². The largest absolute Gasteiger partial charge is 0.480 e. The molecular formula is C15H19N3O3. The number of aliphatic carboxylic acids is 1. The average molecular weight is 289 g/mol. The molecule has 1 aromatic carbocycles. The van der Waals surface area contributed by atoms with E-state index in [0.29, 0.717) is 6.42 Å². The zero-order valence-electron chi connectivity index (χ0n) is 11.8. The second-order valence-electron chi connectivity index (χ2n) is 5.48. The Bertz CT molecular complexity index is 555. The van der Waals surface area contributed by atoms with Crippen LogP contribution in [0.2, 0.25) is 0 Å². The fraction of sp³-hybridized carbons (Fsp3) is 0.467. The standard InChI is InChI=1S/C15H19N3O3/c19-14(10-17-7-5-16-6-8-17)18-12-4-2-1-3-11(12)9-13(18)15(20)21/h1-4,13,16H,5-10H2,(H,20,21). The van der Waals surface area contributed by atoms with Gasteiger partial charge in [0, 0.05) is 38.3 Å². The van der Waals surface area contributed by atoms with Gasteiger partial charge in [-0.1, -0.05) is 18.2 Å². The fourth-order valence-corrected chi connectivity index (χ4v) is 3.03. The first kappa shape index (κ1) is 14.0. The molecule has 2 aliphatic rings. The molecule has 1 unspecified atom stereocenters. The minimum atomic E-state index is -0.945. The molecule has 2 aliphatic heterocycles. The van der Waals surface area contributed by atoms with Crippen LogP contribution in [-0.4, -0.2) is 60.6 Å². The smallest absolute Gasteiger partial charge is 0.327 e. The quantitative estimate of drug-likeness (QED) is 0.815. The molecule has 1 saturated heterocycles. The lowest BCUT2D eigenvalue weighted by atomic mass is 10.1. The number of hydrogen-bond donors (Lipinski definition) is 2. The highest BCUT2D eigenvalue weighted by Crippen LogP contribution is 2.32. The van der Waals surface area contributed by atoms with Crippen LogP contribution in [-0.2, 0) is 16.0 Å². The summed E-state index contributed by atoms with van der Waals surface area (Å²) in [6.07, 6.45) is 0.388. The number of para-hydroxylation sites is 1. The van der Waals surface area contributed by atoms with E-state index in [2.05, 4.69) is 10.2 Å². The van der Waals surface area contributed by atoms with E-state index in [1.807, 2.05) is 24.3 Å². The molecule has 0 aliphatic carbocycles. The van der Waals surface area contributed by atoms with Crippen LogP contribution in [0.3, 0.4) is 0 Å². The van der Waals surface area contributed by atoms with Gasteiger partial charge in [0.2, 0.25) is 5.91 Å². The fourth-order valence-electron chi connectivity index (χ4n) is 3.03. The van der Waals surface area contributed by atoms with Gasteiger partial charge in [-0.25, -0.2) is 4.79 Å². The molecule has 112 valence electrons. The summed E-state index contributed by atoms with van der Waals surface area (Å²) in [5.41, 5.74) is 1.67. The molecule has 21 heavy (non-hydrogen) atoms. The molecule has 1 atom stereocenters. The minimum absolute atomic E-state index is 0.130. The molecule has 2 N–H and O–H groups in total. The number of fused-ring (bicyclic) bond motifs is 1. The van der Waals surface area contributed by atoms with Gasteiger partial charge in [0.25, 0.3) is 0 Å². The van der Waals surface area contributed by atoms with Crippen molar-refractivity contribution in [3.8, 4) is 0 Å². The van der Waals surface area contributed by atoms with Gasteiger partial charge >= 0.3 is 5.97 Å². The normalized spacial score (nSPS) is 22.1. The number of carboxylic acid groups (broad SMARTS) is 1. The van der Waals surface area contributed by atoms with Gasteiger partial charge in [-0.2, -0.15) is 0 Å². The van der Waals surface area contributed by atoms with E-state index in [1.165, 1.54) is 4.90 Å². The number of rotatable bonds is 3. The van der Waals surface area contributed by atoms with Crippen LogP contribution in [0.4, 0.5) is 5.69 Å². The lowest BCUT2D eigenvalue weighted by Crippen LogP contribution is -2.51. The van der Waals surface area contributed by atoms with Crippen molar-refractivity contribution in [1.82, 2.24) is 10.2 Å². The number of hydrogen-bond acceptors (Lipinski definition) is 4. The predicted molar refractivity (Wildman–Crippen MR) is 78.4 cm³/mol. The molecular weight excluding hydrogens is 270 g/mol. The molecule has 0 saturated carbocycles. The highest BCUT2D eigenvalue weighted by atomic mass is 16.4.